The minimum Gasteiger partial charge on any atom is -0.336 e. The number of halogens is 3. The van der Waals surface area contributed by atoms with Gasteiger partial charge in [-0.1, -0.05) is 23.9 Å². The van der Waals surface area contributed by atoms with E-state index in [1.54, 1.807) is 4.90 Å². The van der Waals surface area contributed by atoms with Gasteiger partial charge in [0.15, 0.2) is 6.54 Å². The predicted molar refractivity (Wildman–Crippen MR) is 113 cm³/mol. The minimum absolute atomic E-state index is 0.174. The van der Waals surface area contributed by atoms with Crippen molar-refractivity contribution in [3.63, 3.8) is 0 Å². The third kappa shape index (κ3) is 3.85. The number of quaternary nitrogens is 2. The molecule has 1 amide bonds. The molecule has 3 heterocycles. The lowest BCUT2D eigenvalue weighted by atomic mass is 9.98. The van der Waals surface area contributed by atoms with Crippen molar-refractivity contribution in [2.75, 3.05) is 18.5 Å². The van der Waals surface area contributed by atoms with Crippen LogP contribution in [0.3, 0.4) is 0 Å². The predicted octanol–water partition coefficient (Wildman–Crippen LogP) is 2.61. The van der Waals surface area contributed by atoms with Crippen LogP contribution in [0, 0.1) is 0 Å². The molecule has 0 aliphatic carbocycles. The first-order chi connectivity index (χ1) is 14.8. The second kappa shape index (κ2) is 7.83. The number of anilines is 2. The zero-order chi connectivity index (χ0) is 21.8. The first-order valence-electron chi connectivity index (χ1n) is 10.8. The van der Waals surface area contributed by atoms with Crippen molar-refractivity contribution >= 4 is 29.0 Å². The fraction of sp³-hybridized carbons (Fsp3) is 0.435. The number of rotatable bonds is 3. The molecule has 4 nitrogen and oxygen atoms in total. The highest BCUT2D eigenvalue weighted by molar-refractivity contribution is 7.99. The van der Waals surface area contributed by atoms with Gasteiger partial charge < -0.3 is 10.2 Å². The summed E-state index contributed by atoms with van der Waals surface area (Å²) in [4.78, 5) is 18.0. The smallest absolute Gasteiger partial charge is 0.336 e. The number of amides is 1. The summed E-state index contributed by atoms with van der Waals surface area (Å²) in [5, 5.41) is 2.11. The molecule has 3 aliphatic rings. The number of carbonyl (C=O) groups is 1. The van der Waals surface area contributed by atoms with Crippen LogP contribution < -0.4 is 15.1 Å². The molecular weight excluding hydrogens is 423 g/mol. The molecule has 2 unspecified atom stereocenters. The fourth-order valence-electron chi connectivity index (χ4n) is 5.38. The average Bonchev–Trinajstić information content (AvgIpc) is 2.95. The minimum atomic E-state index is -4.45. The molecule has 2 aromatic carbocycles. The van der Waals surface area contributed by atoms with E-state index in [1.165, 1.54) is 35.6 Å². The first kappa shape index (κ1) is 20.8. The van der Waals surface area contributed by atoms with Crippen molar-refractivity contribution in [1.82, 2.24) is 0 Å². The Balaban J connectivity index is 1.40. The fourth-order valence-corrected chi connectivity index (χ4v) is 6.42. The van der Waals surface area contributed by atoms with E-state index in [1.807, 2.05) is 24.3 Å². The first-order valence-corrected chi connectivity index (χ1v) is 11.6. The van der Waals surface area contributed by atoms with Crippen LogP contribution in [0.5, 0.6) is 0 Å². The van der Waals surface area contributed by atoms with Gasteiger partial charge in [0.05, 0.1) is 55.0 Å². The second-order valence-corrected chi connectivity index (χ2v) is 9.95. The van der Waals surface area contributed by atoms with E-state index >= 15 is 0 Å². The molecule has 8 heteroatoms. The molecule has 0 saturated carbocycles. The third-order valence-corrected chi connectivity index (χ3v) is 8.18. The van der Waals surface area contributed by atoms with Crippen molar-refractivity contribution in [2.24, 2.45) is 0 Å². The highest BCUT2D eigenvalue weighted by Gasteiger charge is 2.44. The number of nitrogens with one attached hydrogen (secondary N) is 1. The summed E-state index contributed by atoms with van der Waals surface area (Å²) >= 11 is 1.40. The van der Waals surface area contributed by atoms with Gasteiger partial charge in [-0.15, -0.1) is 0 Å². The van der Waals surface area contributed by atoms with E-state index in [0.717, 1.165) is 29.9 Å². The van der Waals surface area contributed by atoms with E-state index < -0.39 is 11.7 Å². The highest BCUT2D eigenvalue weighted by atomic mass is 32.2. The van der Waals surface area contributed by atoms with Crippen molar-refractivity contribution in [1.29, 1.82) is 0 Å². The summed E-state index contributed by atoms with van der Waals surface area (Å²) < 4.78 is 40.1. The number of hydrogen-bond donors (Lipinski definition) is 2. The Hall–Kier alpha value is -2.03. The molecule has 31 heavy (non-hydrogen) atoms. The molecule has 2 bridgehead atoms. The van der Waals surface area contributed by atoms with Crippen LogP contribution in [0.4, 0.5) is 24.5 Å². The summed E-state index contributed by atoms with van der Waals surface area (Å²) in [7, 11) is 2.27. The van der Waals surface area contributed by atoms with Crippen molar-refractivity contribution in [3.05, 3.63) is 48.0 Å². The largest absolute Gasteiger partial charge is 0.416 e. The number of carbonyl (C=O) groups excluding carboxylic acids is 1. The molecule has 0 spiro atoms. The molecule has 0 aromatic heterocycles. The van der Waals surface area contributed by atoms with E-state index in [2.05, 4.69) is 12.4 Å². The lowest BCUT2D eigenvalue weighted by Crippen LogP contribution is -3.17. The second-order valence-electron chi connectivity index (χ2n) is 8.87. The Bertz CT molecular complexity index is 998. The molecular formula is C23H26F3N3OS+2. The maximum absolute atomic E-state index is 13.4. The molecule has 2 aromatic rings. The molecule has 164 valence electrons. The number of alkyl halides is 3. The molecule has 3 aliphatic heterocycles. The lowest BCUT2D eigenvalue weighted by molar-refractivity contribution is -0.930. The molecule has 2 atom stereocenters. The van der Waals surface area contributed by atoms with Gasteiger partial charge in [-0.05, 0) is 30.3 Å². The monoisotopic (exact) mass is 449 g/mol. The van der Waals surface area contributed by atoms with E-state index in [4.69, 9.17) is 0 Å². The Labute approximate surface area is 183 Å². The number of nitrogens with zero attached hydrogens (tertiary/aromatic N) is 1. The Morgan fingerprint density at radius 1 is 1.10 bits per heavy atom. The summed E-state index contributed by atoms with van der Waals surface area (Å²) in [6.45, 7) is 0.234. The summed E-state index contributed by atoms with van der Waals surface area (Å²) in [5.41, 5.74) is 0.248. The Kier molecular flexibility index (Phi) is 5.27. The van der Waals surface area contributed by atoms with Crippen LogP contribution in [0.2, 0.25) is 0 Å². The summed E-state index contributed by atoms with van der Waals surface area (Å²) in [6.07, 6.45) is 0.235. The number of piperidine rings is 1. The van der Waals surface area contributed by atoms with E-state index in [-0.39, 0.29) is 12.5 Å². The number of nitrogens with two attached hydrogens (primary N) is 1. The maximum Gasteiger partial charge on any atom is 0.416 e. The lowest BCUT2D eigenvalue weighted by Gasteiger charge is -2.33. The molecule has 2 fully saturated rings. The van der Waals surface area contributed by atoms with Crippen LogP contribution in [0.1, 0.15) is 31.2 Å². The van der Waals surface area contributed by atoms with Crippen LogP contribution >= 0.6 is 11.8 Å². The SMILES string of the molecule is C[NH+]1C2CCC1CC([NH2+]CC(=O)N1c3ccccc3Sc3ccc(C(F)(F)F)cc31)C2. The zero-order valence-corrected chi connectivity index (χ0v) is 18.1. The Morgan fingerprint density at radius 3 is 2.48 bits per heavy atom. The van der Waals surface area contributed by atoms with Crippen LogP contribution in [-0.4, -0.2) is 37.6 Å². The van der Waals surface area contributed by atoms with Gasteiger partial charge in [0.1, 0.15) is 0 Å². The average molecular weight is 450 g/mol. The summed E-state index contributed by atoms with van der Waals surface area (Å²) in [5.74, 6) is -0.174. The summed E-state index contributed by atoms with van der Waals surface area (Å²) in [6, 6.07) is 12.8. The van der Waals surface area contributed by atoms with Crippen molar-refractivity contribution in [3.8, 4) is 0 Å². The van der Waals surface area contributed by atoms with Gasteiger partial charge in [-0.2, -0.15) is 13.2 Å². The van der Waals surface area contributed by atoms with E-state index in [9.17, 15) is 18.0 Å². The Morgan fingerprint density at radius 2 is 1.77 bits per heavy atom. The van der Waals surface area contributed by atoms with Gasteiger partial charge in [-0.3, -0.25) is 9.69 Å². The third-order valence-electron chi connectivity index (χ3n) is 7.05. The van der Waals surface area contributed by atoms with Gasteiger partial charge in [0.25, 0.3) is 5.91 Å². The number of para-hydroxylation sites is 1. The molecule has 0 radical (unpaired) electrons. The topological polar surface area (TPSA) is 41.4 Å². The normalized spacial score (nSPS) is 27.0. The van der Waals surface area contributed by atoms with Crippen LogP contribution in [0.25, 0.3) is 0 Å². The molecule has 2 saturated heterocycles. The van der Waals surface area contributed by atoms with E-state index in [0.29, 0.717) is 34.4 Å². The quantitative estimate of drug-likeness (QED) is 0.757. The van der Waals surface area contributed by atoms with Gasteiger partial charge >= 0.3 is 6.18 Å². The molecule has 5 rings (SSSR count). The van der Waals surface area contributed by atoms with Crippen LogP contribution in [-0.2, 0) is 11.0 Å². The van der Waals surface area contributed by atoms with Crippen molar-refractivity contribution < 1.29 is 28.2 Å². The standard InChI is InChI=1S/C23H24F3N3OS/c1-28-16-7-8-17(28)12-15(11-16)27-13-22(30)29-18-4-2-3-5-20(18)31-21-9-6-14(10-19(21)29)23(24,25)26/h2-6,9-10,15-17,27H,7-8,11-13H2,1H3/p+2. The highest BCUT2D eigenvalue weighted by Crippen LogP contribution is 2.49. The van der Waals surface area contributed by atoms with Crippen molar-refractivity contribution in [2.45, 2.75) is 59.8 Å². The number of benzene rings is 2. The maximum atomic E-state index is 13.4. The van der Waals surface area contributed by atoms with Crippen LogP contribution in [0.15, 0.2) is 52.3 Å². The van der Waals surface area contributed by atoms with Gasteiger partial charge in [-0.25, -0.2) is 0 Å². The van der Waals surface area contributed by atoms with Gasteiger partial charge in [0.2, 0.25) is 0 Å². The number of fused-ring (bicyclic) bond motifs is 4. The number of hydrogen-bond acceptors (Lipinski definition) is 2. The molecule has 3 N–H and O–H groups in total. The van der Waals surface area contributed by atoms with Gasteiger partial charge in [0, 0.05) is 22.6 Å². The zero-order valence-electron chi connectivity index (χ0n) is 17.3.